The van der Waals surface area contributed by atoms with E-state index >= 15 is 0 Å². The van der Waals surface area contributed by atoms with Crippen LogP contribution in [-0.2, 0) is 0 Å². The van der Waals surface area contributed by atoms with Crippen molar-refractivity contribution in [1.82, 2.24) is 10.6 Å². The average Bonchev–Trinajstić information content (AvgIpc) is 2.74. The number of hydrogen-bond acceptors (Lipinski definition) is 3. The smallest absolute Gasteiger partial charge is 0.193 e. The van der Waals surface area contributed by atoms with Gasteiger partial charge < -0.3 is 10.6 Å². The van der Waals surface area contributed by atoms with Crippen LogP contribution in [0.2, 0.25) is 0 Å². The Kier molecular flexibility index (Phi) is 5.93. The number of aryl methyl sites for hydroxylation is 2. The lowest BCUT2D eigenvalue weighted by Gasteiger charge is -2.27. The molecule has 2 saturated heterocycles. The normalized spacial score (nSPS) is 22.8. The summed E-state index contributed by atoms with van der Waals surface area (Å²) in [7, 11) is 0. The average molecular weight is 377 g/mol. The molecule has 2 fully saturated rings. The van der Waals surface area contributed by atoms with Crippen molar-refractivity contribution in [2.24, 2.45) is 0 Å². The van der Waals surface area contributed by atoms with Gasteiger partial charge in [-0.2, -0.15) is 0 Å². The fourth-order valence-corrected chi connectivity index (χ4v) is 4.83. The van der Waals surface area contributed by atoms with Crippen LogP contribution >= 0.6 is 0 Å². The van der Waals surface area contributed by atoms with Gasteiger partial charge in [0.25, 0.3) is 0 Å². The standard InChI is InChI=1S/C25H32N2O/c1-17-7-9-21(23(13-17)19-5-3-11-26-15-19)25(28)22-10-8-18(2)14-24(22)20-6-4-12-27-16-20/h7-10,13-14,19-20,26-27H,3-6,11-12,15-16H2,1-2H3. The molecule has 3 heteroatoms. The molecule has 4 rings (SSSR count). The summed E-state index contributed by atoms with van der Waals surface area (Å²) in [6.45, 7) is 8.36. The van der Waals surface area contributed by atoms with E-state index in [1.54, 1.807) is 0 Å². The minimum atomic E-state index is 0.196. The second-order valence-electron chi connectivity index (χ2n) is 8.60. The van der Waals surface area contributed by atoms with E-state index < -0.39 is 0 Å². The van der Waals surface area contributed by atoms with Gasteiger partial charge in [0.1, 0.15) is 0 Å². The second kappa shape index (κ2) is 8.59. The van der Waals surface area contributed by atoms with E-state index in [0.717, 1.165) is 50.1 Å². The maximum Gasteiger partial charge on any atom is 0.193 e. The van der Waals surface area contributed by atoms with E-state index in [2.05, 4.69) is 60.9 Å². The third-order valence-electron chi connectivity index (χ3n) is 6.38. The monoisotopic (exact) mass is 376 g/mol. The Labute approximate surface area is 168 Å². The van der Waals surface area contributed by atoms with Gasteiger partial charge in [-0.05, 0) is 75.6 Å². The molecule has 2 unspecified atom stereocenters. The summed E-state index contributed by atoms with van der Waals surface area (Å²) < 4.78 is 0. The third-order valence-corrected chi connectivity index (χ3v) is 6.38. The maximum absolute atomic E-state index is 13.8. The van der Waals surface area contributed by atoms with Gasteiger partial charge in [-0.3, -0.25) is 4.79 Å². The quantitative estimate of drug-likeness (QED) is 0.774. The highest BCUT2D eigenvalue weighted by atomic mass is 16.1. The maximum atomic E-state index is 13.8. The van der Waals surface area contributed by atoms with Gasteiger partial charge >= 0.3 is 0 Å². The lowest BCUT2D eigenvalue weighted by atomic mass is 9.81. The SMILES string of the molecule is Cc1ccc(C(=O)c2ccc(C)cc2C2CCCNC2)c(C2CCCNC2)c1. The Hall–Kier alpha value is -1.97. The van der Waals surface area contributed by atoms with E-state index in [1.807, 2.05) is 0 Å². The molecule has 2 aliphatic heterocycles. The minimum absolute atomic E-state index is 0.196. The third kappa shape index (κ3) is 4.06. The molecule has 0 radical (unpaired) electrons. The van der Waals surface area contributed by atoms with Gasteiger partial charge in [-0.1, -0.05) is 47.5 Å². The molecule has 2 heterocycles. The number of rotatable bonds is 4. The highest BCUT2D eigenvalue weighted by Gasteiger charge is 2.26. The molecule has 28 heavy (non-hydrogen) atoms. The largest absolute Gasteiger partial charge is 0.316 e. The molecule has 2 aromatic carbocycles. The van der Waals surface area contributed by atoms with Gasteiger partial charge in [0.2, 0.25) is 0 Å². The predicted molar refractivity (Wildman–Crippen MR) is 115 cm³/mol. The topological polar surface area (TPSA) is 41.1 Å². The van der Waals surface area contributed by atoms with Crippen molar-refractivity contribution in [2.45, 2.75) is 51.4 Å². The van der Waals surface area contributed by atoms with Gasteiger partial charge in [0, 0.05) is 24.2 Å². The zero-order valence-corrected chi connectivity index (χ0v) is 17.2. The zero-order valence-electron chi connectivity index (χ0n) is 17.2. The number of piperidine rings is 2. The van der Waals surface area contributed by atoms with E-state index in [-0.39, 0.29) is 5.78 Å². The first-order valence-electron chi connectivity index (χ1n) is 10.8. The van der Waals surface area contributed by atoms with Crippen LogP contribution in [0.5, 0.6) is 0 Å². The van der Waals surface area contributed by atoms with Crippen LogP contribution in [0.1, 0.15) is 75.7 Å². The van der Waals surface area contributed by atoms with Crippen molar-refractivity contribution in [3.8, 4) is 0 Å². The highest BCUT2D eigenvalue weighted by Crippen LogP contribution is 2.32. The van der Waals surface area contributed by atoms with Crippen molar-refractivity contribution in [3.05, 3.63) is 69.8 Å². The van der Waals surface area contributed by atoms with Crippen LogP contribution in [0, 0.1) is 13.8 Å². The summed E-state index contributed by atoms with van der Waals surface area (Å²) in [5, 5.41) is 7.02. The van der Waals surface area contributed by atoms with Crippen LogP contribution in [0.15, 0.2) is 36.4 Å². The molecule has 148 valence electrons. The van der Waals surface area contributed by atoms with Gasteiger partial charge in [-0.25, -0.2) is 0 Å². The minimum Gasteiger partial charge on any atom is -0.316 e. The molecule has 2 atom stereocenters. The van der Waals surface area contributed by atoms with Crippen molar-refractivity contribution in [3.63, 3.8) is 0 Å². The predicted octanol–water partition coefficient (Wildman–Crippen LogP) is 4.47. The molecule has 0 saturated carbocycles. The number of carbonyl (C=O) groups excluding carboxylic acids is 1. The molecule has 0 aliphatic carbocycles. The van der Waals surface area contributed by atoms with Crippen LogP contribution in [0.3, 0.4) is 0 Å². The molecule has 0 spiro atoms. The first-order chi connectivity index (χ1) is 13.6. The molecule has 0 amide bonds. The summed E-state index contributed by atoms with van der Waals surface area (Å²) >= 11 is 0. The van der Waals surface area contributed by atoms with E-state index in [1.165, 1.54) is 35.1 Å². The van der Waals surface area contributed by atoms with E-state index in [4.69, 9.17) is 0 Å². The number of benzene rings is 2. The van der Waals surface area contributed by atoms with E-state index in [0.29, 0.717) is 11.8 Å². The first kappa shape index (κ1) is 19.4. The summed E-state index contributed by atoms with van der Waals surface area (Å²) in [5.74, 6) is 1.05. The van der Waals surface area contributed by atoms with Gasteiger partial charge in [-0.15, -0.1) is 0 Å². The Morgan fingerprint density at radius 2 is 1.25 bits per heavy atom. The molecule has 0 bridgehead atoms. The molecule has 0 aromatic heterocycles. The number of hydrogen-bond donors (Lipinski definition) is 2. The number of ketones is 1. The summed E-state index contributed by atoms with van der Waals surface area (Å²) in [4.78, 5) is 13.8. The van der Waals surface area contributed by atoms with Crippen LogP contribution in [-0.4, -0.2) is 32.0 Å². The second-order valence-corrected chi connectivity index (χ2v) is 8.60. The lowest BCUT2D eigenvalue weighted by Crippen LogP contribution is -2.30. The molecule has 3 nitrogen and oxygen atoms in total. The molecule has 2 aromatic rings. The molecule has 2 aliphatic rings. The number of carbonyl (C=O) groups is 1. The Bertz CT molecular complexity index is 776. The Balaban J connectivity index is 1.74. The van der Waals surface area contributed by atoms with Crippen molar-refractivity contribution < 1.29 is 4.79 Å². The summed E-state index contributed by atoms with van der Waals surface area (Å²) in [6, 6.07) is 12.8. The molecular weight excluding hydrogens is 344 g/mol. The fraction of sp³-hybridized carbons (Fsp3) is 0.480. The van der Waals surface area contributed by atoms with Crippen molar-refractivity contribution in [2.75, 3.05) is 26.2 Å². The lowest BCUT2D eigenvalue weighted by molar-refractivity contribution is 0.103. The highest BCUT2D eigenvalue weighted by molar-refractivity contribution is 6.11. The summed E-state index contributed by atoms with van der Waals surface area (Å²) in [6.07, 6.45) is 4.67. The van der Waals surface area contributed by atoms with E-state index in [9.17, 15) is 4.79 Å². The Morgan fingerprint density at radius 3 is 1.64 bits per heavy atom. The summed E-state index contributed by atoms with van der Waals surface area (Å²) in [5.41, 5.74) is 6.72. The fourth-order valence-electron chi connectivity index (χ4n) is 4.83. The first-order valence-corrected chi connectivity index (χ1v) is 10.8. The zero-order chi connectivity index (χ0) is 19.5. The van der Waals surface area contributed by atoms with Crippen molar-refractivity contribution in [1.29, 1.82) is 0 Å². The Morgan fingerprint density at radius 1 is 0.786 bits per heavy atom. The number of nitrogens with one attached hydrogen (secondary N) is 2. The van der Waals surface area contributed by atoms with Crippen LogP contribution in [0.4, 0.5) is 0 Å². The van der Waals surface area contributed by atoms with Gasteiger partial charge in [0.15, 0.2) is 5.78 Å². The molecule has 2 N–H and O–H groups in total. The van der Waals surface area contributed by atoms with Crippen LogP contribution < -0.4 is 10.6 Å². The van der Waals surface area contributed by atoms with Gasteiger partial charge in [0.05, 0.1) is 0 Å². The van der Waals surface area contributed by atoms with Crippen molar-refractivity contribution >= 4 is 5.78 Å². The molecular formula is C25H32N2O. The van der Waals surface area contributed by atoms with Crippen LogP contribution in [0.25, 0.3) is 0 Å².